The molecule has 0 saturated carbocycles. The van der Waals surface area contributed by atoms with E-state index in [4.69, 9.17) is 19.2 Å². The largest absolute Gasteiger partial charge is 0.495 e. The molecular formula is C28H30N2O4S. The second-order valence-electron chi connectivity index (χ2n) is 8.10. The molecule has 1 aromatic heterocycles. The Kier molecular flexibility index (Phi) is 8.21. The first kappa shape index (κ1) is 24.5. The molecule has 0 N–H and O–H groups in total. The first-order chi connectivity index (χ1) is 17.1. The zero-order chi connectivity index (χ0) is 24.6. The minimum Gasteiger partial charge on any atom is -0.495 e. The van der Waals surface area contributed by atoms with Gasteiger partial charge >= 0.3 is 0 Å². The Morgan fingerprint density at radius 1 is 0.914 bits per heavy atom. The van der Waals surface area contributed by atoms with Crippen LogP contribution in [0.4, 0.5) is 5.13 Å². The van der Waals surface area contributed by atoms with Crippen molar-refractivity contribution in [3.63, 3.8) is 0 Å². The van der Waals surface area contributed by atoms with Gasteiger partial charge in [-0.15, -0.1) is 0 Å². The van der Waals surface area contributed by atoms with Crippen molar-refractivity contribution in [2.24, 2.45) is 0 Å². The summed E-state index contributed by atoms with van der Waals surface area (Å²) in [4.78, 5) is 20.2. The number of rotatable bonds is 11. The molecule has 0 unspecified atom stereocenters. The minimum atomic E-state index is -0.136. The van der Waals surface area contributed by atoms with Gasteiger partial charge in [-0.05, 0) is 48.4 Å². The Hall–Kier alpha value is -3.58. The first-order valence-electron chi connectivity index (χ1n) is 11.7. The normalized spacial score (nSPS) is 10.8. The standard InChI is InChI=1S/C28H30N2O4S/c1-4-5-9-18-34-22-14-12-21(13-15-22)27(31)30(19-20-10-7-6-8-11-20)28-29-25-23(32-2)16-17-24(33-3)26(25)35-28/h6-8,10-17H,4-5,9,18-19H2,1-3H3. The van der Waals surface area contributed by atoms with Crippen LogP contribution in [0.25, 0.3) is 10.2 Å². The van der Waals surface area contributed by atoms with Crippen molar-refractivity contribution >= 4 is 32.6 Å². The van der Waals surface area contributed by atoms with E-state index in [1.54, 1.807) is 19.1 Å². The van der Waals surface area contributed by atoms with Gasteiger partial charge in [0.1, 0.15) is 27.5 Å². The highest BCUT2D eigenvalue weighted by molar-refractivity contribution is 7.22. The van der Waals surface area contributed by atoms with Crippen LogP contribution in [-0.4, -0.2) is 31.7 Å². The molecule has 0 saturated heterocycles. The summed E-state index contributed by atoms with van der Waals surface area (Å²) in [5, 5.41) is 0.580. The summed E-state index contributed by atoms with van der Waals surface area (Å²) in [6, 6.07) is 20.9. The predicted molar refractivity (Wildman–Crippen MR) is 141 cm³/mol. The maximum atomic E-state index is 13.7. The number of carbonyl (C=O) groups is 1. The van der Waals surface area contributed by atoms with Crippen molar-refractivity contribution < 1.29 is 19.0 Å². The van der Waals surface area contributed by atoms with E-state index in [9.17, 15) is 4.79 Å². The third-order valence-corrected chi connectivity index (χ3v) is 6.77. The second kappa shape index (κ2) is 11.7. The molecule has 0 bridgehead atoms. The number of unbranched alkanes of at least 4 members (excludes halogenated alkanes) is 2. The molecule has 35 heavy (non-hydrogen) atoms. The summed E-state index contributed by atoms with van der Waals surface area (Å²) < 4.78 is 17.7. The molecular weight excluding hydrogens is 460 g/mol. The van der Waals surface area contributed by atoms with Gasteiger partial charge in [0.05, 0.1) is 27.4 Å². The van der Waals surface area contributed by atoms with E-state index >= 15 is 0 Å². The van der Waals surface area contributed by atoms with Crippen LogP contribution in [0.5, 0.6) is 17.2 Å². The fourth-order valence-electron chi connectivity index (χ4n) is 3.77. The van der Waals surface area contributed by atoms with Crippen LogP contribution in [0.2, 0.25) is 0 Å². The Morgan fingerprint density at radius 2 is 1.63 bits per heavy atom. The molecule has 0 spiro atoms. The van der Waals surface area contributed by atoms with Gasteiger partial charge in [0, 0.05) is 5.56 Å². The quantitative estimate of drug-likeness (QED) is 0.218. The fraction of sp³-hybridized carbons (Fsp3) is 0.286. The zero-order valence-electron chi connectivity index (χ0n) is 20.3. The van der Waals surface area contributed by atoms with Crippen LogP contribution in [0.15, 0.2) is 66.7 Å². The molecule has 7 heteroatoms. The highest BCUT2D eigenvalue weighted by atomic mass is 32.1. The molecule has 0 atom stereocenters. The summed E-state index contributed by atoms with van der Waals surface area (Å²) in [5.74, 6) is 1.96. The van der Waals surface area contributed by atoms with E-state index in [1.807, 2.05) is 66.7 Å². The topological polar surface area (TPSA) is 60.9 Å². The summed E-state index contributed by atoms with van der Waals surface area (Å²) >= 11 is 1.41. The number of hydrogen-bond acceptors (Lipinski definition) is 6. The maximum absolute atomic E-state index is 13.7. The Balaban J connectivity index is 1.66. The number of anilines is 1. The number of nitrogens with zero attached hydrogens (tertiary/aromatic N) is 2. The molecule has 1 amide bonds. The number of carbonyl (C=O) groups excluding carboxylic acids is 1. The third kappa shape index (κ3) is 5.74. The molecule has 4 aromatic rings. The van der Waals surface area contributed by atoms with E-state index in [-0.39, 0.29) is 5.91 Å². The molecule has 0 fully saturated rings. The van der Waals surface area contributed by atoms with Gasteiger partial charge in [0.2, 0.25) is 0 Å². The van der Waals surface area contributed by atoms with E-state index in [0.717, 1.165) is 35.3 Å². The van der Waals surface area contributed by atoms with Crippen molar-refractivity contribution in [3.8, 4) is 17.2 Å². The number of fused-ring (bicyclic) bond motifs is 1. The average Bonchev–Trinajstić information content (AvgIpc) is 3.35. The molecule has 0 aliphatic rings. The van der Waals surface area contributed by atoms with Crippen molar-refractivity contribution in [2.75, 3.05) is 25.7 Å². The third-order valence-electron chi connectivity index (χ3n) is 5.68. The number of amides is 1. The van der Waals surface area contributed by atoms with E-state index < -0.39 is 0 Å². The molecule has 182 valence electrons. The molecule has 4 rings (SSSR count). The zero-order valence-corrected chi connectivity index (χ0v) is 21.1. The predicted octanol–water partition coefficient (Wildman–Crippen LogP) is 6.73. The molecule has 0 aliphatic heterocycles. The van der Waals surface area contributed by atoms with Crippen LogP contribution >= 0.6 is 11.3 Å². The van der Waals surface area contributed by atoms with Crippen LogP contribution in [-0.2, 0) is 6.54 Å². The van der Waals surface area contributed by atoms with Crippen molar-refractivity contribution in [1.82, 2.24) is 4.98 Å². The lowest BCUT2D eigenvalue weighted by Crippen LogP contribution is -2.30. The number of benzene rings is 3. The van der Waals surface area contributed by atoms with Crippen LogP contribution < -0.4 is 19.1 Å². The van der Waals surface area contributed by atoms with Crippen LogP contribution in [0.3, 0.4) is 0 Å². The Bertz CT molecular complexity index is 1210. The SMILES string of the molecule is CCCCCOc1ccc(C(=O)N(Cc2ccccc2)c2nc3c(OC)ccc(OC)c3s2)cc1. The van der Waals surface area contributed by atoms with Crippen molar-refractivity contribution in [1.29, 1.82) is 0 Å². The van der Waals surface area contributed by atoms with Gasteiger partial charge < -0.3 is 14.2 Å². The number of thiazole rings is 1. The maximum Gasteiger partial charge on any atom is 0.260 e. The lowest BCUT2D eigenvalue weighted by molar-refractivity contribution is 0.0985. The summed E-state index contributed by atoms with van der Waals surface area (Å²) in [5.41, 5.74) is 2.25. The summed E-state index contributed by atoms with van der Waals surface area (Å²) in [7, 11) is 3.23. The lowest BCUT2D eigenvalue weighted by Gasteiger charge is -2.20. The molecule has 0 aliphatic carbocycles. The average molecular weight is 491 g/mol. The highest BCUT2D eigenvalue weighted by Crippen LogP contribution is 2.40. The molecule has 3 aromatic carbocycles. The van der Waals surface area contributed by atoms with Gasteiger partial charge in [0.15, 0.2) is 5.13 Å². The van der Waals surface area contributed by atoms with E-state index in [1.165, 1.54) is 11.3 Å². The van der Waals surface area contributed by atoms with Gasteiger partial charge in [-0.2, -0.15) is 0 Å². The van der Waals surface area contributed by atoms with Crippen LogP contribution in [0, 0.1) is 0 Å². The number of hydrogen-bond donors (Lipinski definition) is 0. The van der Waals surface area contributed by atoms with Gasteiger partial charge in [-0.1, -0.05) is 61.4 Å². The first-order valence-corrected chi connectivity index (χ1v) is 12.6. The van der Waals surface area contributed by atoms with Gasteiger partial charge in [0.25, 0.3) is 5.91 Å². The van der Waals surface area contributed by atoms with Crippen molar-refractivity contribution in [3.05, 3.63) is 77.9 Å². The molecule has 0 radical (unpaired) electrons. The van der Waals surface area contributed by atoms with Gasteiger partial charge in [-0.25, -0.2) is 4.98 Å². The second-order valence-corrected chi connectivity index (χ2v) is 9.08. The number of aromatic nitrogens is 1. The van der Waals surface area contributed by atoms with Crippen LogP contribution in [0.1, 0.15) is 42.1 Å². The van der Waals surface area contributed by atoms with Crippen molar-refractivity contribution in [2.45, 2.75) is 32.7 Å². The van der Waals surface area contributed by atoms with E-state index in [2.05, 4.69) is 6.92 Å². The Labute approximate surface area is 210 Å². The lowest BCUT2D eigenvalue weighted by atomic mass is 10.1. The fourth-order valence-corrected chi connectivity index (χ4v) is 4.85. The summed E-state index contributed by atoms with van der Waals surface area (Å²) in [6.07, 6.45) is 3.31. The number of ether oxygens (including phenoxy) is 3. The molecule has 1 heterocycles. The minimum absolute atomic E-state index is 0.136. The van der Waals surface area contributed by atoms with Gasteiger partial charge in [-0.3, -0.25) is 9.69 Å². The Morgan fingerprint density at radius 3 is 2.31 bits per heavy atom. The molecule has 6 nitrogen and oxygen atoms in total. The highest BCUT2D eigenvalue weighted by Gasteiger charge is 2.24. The monoisotopic (exact) mass is 490 g/mol. The van der Waals surface area contributed by atoms with E-state index in [0.29, 0.717) is 40.9 Å². The smallest absolute Gasteiger partial charge is 0.260 e. The number of methoxy groups -OCH3 is 2. The summed E-state index contributed by atoms with van der Waals surface area (Å²) in [6.45, 7) is 3.23.